The molecule has 0 unspecified atom stereocenters. The van der Waals surface area contributed by atoms with Gasteiger partial charge in [-0.15, -0.1) is 0 Å². The van der Waals surface area contributed by atoms with Crippen molar-refractivity contribution >= 4 is 33.2 Å². The van der Waals surface area contributed by atoms with Crippen LogP contribution in [0.1, 0.15) is 67.4 Å². The van der Waals surface area contributed by atoms with E-state index in [-0.39, 0.29) is 28.7 Å². The van der Waals surface area contributed by atoms with E-state index in [0.717, 1.165) is 42.8 Å². The van der Waals surface area contributed by atoms with Gasteiger partial charge in [-0.05, 0) is 105 Å². The van der Waals surface area contributed by atoms with Crippen LogP contribution >= 0.6 is 11.6 Å². The van der Waals surface area contributed by atoms with Crippen molar-refractivity contribution in [2.24, 2.45) is 17.8 Å². The summed E-state index contributed by atoms with van der Waals surface area (Å²) in [6.07, 6.45) is 8.45. The molecule has 6 rings (SSSR count). The van der Waals surface area contributed by atoms with Crippen molar-refractivity contribution < 1.29 is 23.1 Å². The Labute approximate surface area is 248 Å². The van der Waals surface area contributed by atoms with Gasteiger partial charge >= 0.3 is 0 Å². The van der Waals surface area contributed by atoms with Crippen LogP contribution in [-0.4, -0.2) is 50.5 Å². The second-order valence-corrected chi connectivity index (χ2v) is 15.2. The second-order valence-electron chi connectivity index (χ2n) is 12.7. The Kier molecular flexibility index (Phi) is 7.62. The molecule has 7 nitrogen and oxygen atoms in total. The number of allylic oxidation sites excluding steroid dienone is 1. The minimum atomic E-state index is -3.89. The van der Waals surface area contributed by atoms with Gasteiger partial charge in [-0.3, -0.25) is 4.79 Å². The number of carbonyl (C=O) groups excluding carboxylic acids is 1. The van der Waals surface area contributed by atoms with Crippen molar-refractivity contribution in [2.75, 3.05) is 24.6 Å². The van der Waals surface area contributed by atoms with E-state index in [2.05, 4.69) is 21.8 Å². The van der Waals surface area contributed by atoms with Gasteiger partial charge in [-0.1, -0.05) is 36.7 Å². The first-order valence-electron chi connectivity index (χ1n) is 14.8. The number of ether oxygens (including phenoxy) is 1. The Morgan fingerprint density at radius 3 is 2.73 bits per heavy atom. The molecule has 9 heteroatoms. The number of anilines is 1. The highest BCUT2D eigenvalue weighted by molar-refractivity contribution is 7.90. The average molecular weight is 599 g/mol. The third-order valence-corrected chi connectivity index (χ3v) is 11.7. The van der Waals surface area contributed by atoms with E-state index in [0.29, 0.717) is 31.9 Å². The molecule has 0 radical (unpaired) electrons. The SMILES string of the molecule is C[C@@H]1/C=C\[C@H](O)[C@@H]2CC[C@H]2CN2C[C@@]3(CCCc4cc(Cl)ccc43)COc3ccc(cc32)C(=O)NS(=O)(=O)[C@@H](C)C1. The Morgan fingerprint density at radius 2 is 1.95 bits per heavy atom. The molecule has 1 fully saturated rings. The highest BCUT2D eigenvalue weighted by Crippen LogP contribution is 2.46. The molecular weight excluding hydrogens is 560 g/mol. The van der Waals surface area contributed by atoms with E-state index in [1.54, 1.807) is 25.1 Å². The Bertz CT molecular complexity index is 1480. The van der Waals surface area contributed by atoms with Crippen LogP contribution in [0.25, 0.3) is 0 Å². The molecule has 41 heavy (non-hydrogen) atoms. The van der Waals surface area contributed by atoms with Crippen molar-refractivity contribution in [3.8, 4) is 5.75 Å². The molecule has 220 valence electrons. The molecule has 1 saturated carbocycles. The number of benzene rings is 2. The summed E-state index contributed by atoms with van der Waals surface area (Å²) in [4.78, 5) is 15.6. The molecular formula is C32H39ClN2O5S. The van der Waals surface area contributed by atoms with Gasteiger partial charge in [0.05, 0.1) is 23.6 Å². The smallest absolute Gasteiger partial charge is 0.264 e. The standard InChI is InChI=1S/C32H39ClN2O5S/c1-20-5-11-29(36)26-9-6-24(26)17-35-18-32(13-3-4-22-15-25(33)8-10-27(22)32)19-40-30-12-7-23(16-28(30)35)31(37)34-41(38,39)21(2)14-20/h5,7-8,10-12,15-16,20-21,24,26,29,36H,3-4,6,9,13-14,17-19H2,1-2H3,(H,34,37)/b11-5-/t20-,21+,24+,26-,29+,32+/m1/s1. The second kappa shape index (κ2) is 10.9. The molecule has 2 aliphatic carbocycles. The monoisotopic (exact) mass is 598 g/mol. The number of carbonyl (C=O) groups is 1. The van der Waals surface area contributed by atoms with E-state index in [1.807, 2.05) is 25.1 Å². The molecule has 2 heterocycles. The fraction of sp³-hybridized carbons (Fsp3) is 0.531. The van der Waals surface area contributed by atoms with Gasteiger partial charge < -0.3 is 14.7 Å². The van der Waals surface area contributed by atoms with Gasteiger partial charge in [0, 0.05) is 29.1 Å². The van der Waals surface area contributed by atoms with Gasteiger partial charge in [0.1, 0.15) is 5.75 Å². The van der Waals surface area contributed by atoms with Gasteiger partial charge in [0.15, 0.2) is 0 Å². The van der Waals surface area contributed by atoms with E-state index in [1.165, 1.54) is 11.1 Å². The first-order valence-corrected chi connectivity index (χ1v) is 16.7. The van der Waals surface area contributed by atoms with Crippen LogP contribution in [0, 0.1) is 17.8 Å². The van der Waals surface area contributed by atoms with E-state index in [4.69, 9.17) is 16.3 Å². The summed E-state index contributed by atoms with van der Waals surface area (Å²) in [7, 11) is -3.89. The Balaban J connectivity index is 1.42. The lowest BCUT2D eigenvalue weighted by atomic mass is 9.68. The van der Waals surface area contributed by atoms with Crippen molar-refractivity contribution in [2.45, 2.75) is 69.1 Å². The Morgan fingerprint density at radius 1 is 1.12 bits per heavy atom. The number of hydrogen-bond donors (Lipinski definition) is 2. The summed E-state index contributed by atoms with van der Waals surface area (Å²) < 4.78 is 34.9. The van der Waals surface area contributed by atoms with Crippen LogP contribution in [0.5, 0.6) is 5.75 Å². The van der Waals surface area contributed by atoms with Crippen LogP contribution in [0.3, 0.4) is 0 Å². The topological polar surface area (TPSA) is 95.9 Å². The number of fused-ring (bicyclic) bond motifs is 4. The predicted molar refractivity (Wildman–Crippen MR) is 161 cm³/mol. The van der Waals surface area contributed by atoms with Crippen LogP contribution in [-0.2, 0) is 21.9 Å². The summed E-state index contributed by atoms with van der Waals surface area (Å²) in [5.74, 6) is 0.391. The fourth-order valence-electron chi connectivity index (χ4n) is 7.27. The lowest BCUT2D eigenvalue weighted by Crippen LogP contribution is -2.49. The maximum absolute atomic E-state index is 13.3. The lowest BCUT2D eigenvalue weighted by Gasteiger charge is -2.45. The fourth-order valence-corrected chi connectivity index (χ4v) is 8.60. The molecule has 2 bridgehead atoms. The minimum absolute atomic E-state index is 0.0638. The van der Waals surface area contributed by atoms with Gasteiger partial charge in [-0.2, -0.15) is 0 Å². The number of rotatable bonds is 0. The minimum Gasteiger partial charge on any atom is -0.490 e. The first kappa shape index (κ1) is 28.6. The summed E-state index contributed by atoms with van der Waals surface area (Å²) in [6, 6.07) is 11.4. The summed E-state index contributed by atoms with van der Waals surface area (Å²) in [5, 5.41) is 11.1. The van der Waals surface area contributed by atoms with Crippen LogP contribution in [0.4, 0.5) is 5.69 Å². The molecule has 1 spiro atoms. The van der Waals surface area contributed by atoms with Gasteiger partial charge in [0.25, 0.3) is 5.91 Å². The first-order chi connectivity index (χ1) is 19.5. The van der Waals surface area contributed by atoms with Crippen LogP contribution < -0.4 is 14.4 Å². The van der Waals surface area contributed by atoms with Crippen molar-refractivity contribution in [3.05, 3.63) is 70.3 Å². The van der Waals surface area contributed by atoms with Crippen molar-refractivity contribution in [1.29, 1.82) is 0 Å². The molecule has 2 aromatic carbocycles. The van der Waals surface area contributed by atoms with Gasteiger partial charge in [-0.25, -0.2) is 13.1 Å². The lowest BCUT2D eigenvalue weighted by molar-refractivity contribution is 0.0454. The molecule has 4 aliphatic rings. The molecule has 0 saturated heterocycles. The van der Waals surface area contributed by atoms with Crippen LogP contribution in [0.2, 0.25) is 5.02 Å². The molecule has 2 aromatic rings. The number of aryl methyl sites for hydroxylation is 1. The van der Waals surface area contributed by atoms with Gasteiger partial charge in [0.2, 0.25) is 10.0 Å². The zero-order valence-corrected chi connectivity index (χ0v) is 25.3. The maximum Gasteiger partial charge on any atom is 0.264 e. The molecule has 2 aliphatic heterocycles. The number of nitrogens with one attached hydrogen (secondary N) is 1. The zero-order chi connectivity index (χ0) is 28.9. The summed E-state index contributed by atoms with van der Waals surface area (Å²) in [5.41, 5.74) is 3.33. The van der Waals surface area contributed by atoms with E-state index in [9.17, 15) is 18.3 Å². The highest BCUT2D eigenvalue weighted by Gasteiger charge is 2.44. The summed E-state index contributed by atoms with van der Waals surface area (Å²) in [6.45, 7) is 5.46. The molecule has 6 atom stereocenters. The van der Waals surface area contributed by atoms with E-state index < -0.39 is 27.3 Å². The number of aliphatic hydroxyl groups excluding tert-OH is 1. The molecule has 2 N–H and O–H groups in total. The molecule has 1 amide bonds. The third-order valence-electron chi connectivity index (χ3n) is 9.77. The Hall–Kier alpha value is -2.55. The number of amides is 1. The van der Waals surface area contributed by atoms with Crippen LogP contribution in [0.15, 0.2) is 48.6 Å². The normalized spacial score (nSPS) is 33.8. The maximum atomic E-state index is 13.3. The highest BCUT2D eigenvalue weighted by atomic mass is 35.5. The number of hydrogen-bond acceptors (Lipinski definition) is 6. The van der Waals surface area contributed by atoms with E-state index >= 15 is 0 Å². The number of sulfonamides is 1. The quantitative estimate of drug-likeness (QED) is 0.403. The molecule has 0 aromatic heterocycles. The third kappa shape index (κ3) is 5.51. The number of nitrogens with zero attached hydrogens (tertiary/aromatic N) is 1. The number of halogens is 1. The summed E-state index contributed by atoms with van der Waals surface area (Å²) >= 11 is 6.38. The number of aliphatic hydroxyl groups is 1. The van der Waals surface area contributed by atoms with Crippen molar-refractivity contribution in [3.63, 3.8) is 0 Å². The largest absolute Gasteiger partial charge is 0.490 e. The van der Waals surface area contributed by atoms with Crippen molar-refractivity contribution in [1.82, 2.24) is 4.72 Å². The zero-order valence-electron chi connectivity index (χ0n) is 23.7. The average Bonchev–Trinajstić information content (AvgIpc) is 3.06. The predicted octanol–water partition coefficient (Wildman–Crippen LogP) is 5.24.